The molecule has 2 aliphatic heterocycles. The summed E-state index contributed by atoms with van der Waals surface area (Å²) in [6.07, 6.45) is 1.70. The van der Waals surface area contributed by atoms with Crippen molar-refractivity contribution in [2.75, 3.05) is 39.4 Å². The number of carbonyl (C=O) groups excluding carboxylic acids is 1. The lowest BCUT2D eigenvalue weighted by Crippen LogP contribution is -2.37. The van der Waals surface area contributed by atoms with Crippen LogP contribution in [0.15, 0.2) is 66.7 Å². The van der Waals surface area contributed by atoms with Crippen LogP contribution in [-0.2, 0) is 26.6 Å². The zero-order valence-corrected chi connectivity index (χ0v) is 24.1. The van der Waals surface area contributed by atoms with Gasteiger partial charge < -0.3 is 23.7 Å². The van der Waals surface area contributed by atoms with Gasteiger partial charge in [-0.25, -0.2) is 0 Å². The topological polar surface area (TPSA) is 63.2 Å². The van der Waals surface area contributed by atoms with Gasteiger partial charge in [0.2, 0.25) is 0 Å². The number of carbonyl (C=O) groups is 1. The van der Waals surface area contributed by atoms with Gasteiger partial charge in [-0.2, -0.15) is 0 Å². The molecule has 5 rings (SSSR count). The standard InChI is InChI=1S/C31H34O6S2/c1-33-26-13-11-23(18-29(26)35-3)31(38-14-7-15-39-31)25-20-37-30(32)24(25)16-22-10-12-27(28(17-22)34-2)36-19-21-8-5-4-6-9-21/h4-6,8-13,17-18,24-25H,7,14-16,19-20H2,1-3H3/t24-,25+/m1/s1. The van der Waals surface area contributed by atoms with E-state index in [1.165, 1.54) is 0 Å². The van der Waals surface area contributed by atoms with Crippen molar-refractivity contribution in [2.24, 2.45) is 11.8 Å². The van der Waals surface area contributed by atoms with Crippen LogP contribution in [0.5, 0.6) is 23.0 Å². The highest BCUT2D eigenvalue weighted by atomic mass is 32.2. The van der Waals surface area contributed by atoms with Crippen LogP contribution in [-0.4, -0.2) is 45.4 Å². The first-order valence-electron chi connectivity index (χ1n) is 13.1. The van der Waals surface area contributed by atoms with E-state index in [9.17, 15) is 4.79 Å². The zero-order chi connectivity index (χ0) is 27.2. The van der Waals surface area contributed by atoms with Gasteiger partial charge in [0.05, 0.1) is 37.9 Å². The van der Waals surface area contributed by atoms with E-state index in [1.807, 2.05) is 78.1 Å². The normalized spacial score (nSPS) is 20.2. The Labute approximate surface area is 238 Å². The molecule has 0 spiro atoms. The quantitative estimate of drug-likeness (QED) is 0.263. The first-order chi connectivity index (χ1) is 19.1. The zero-order valence-electron chi connectivity index (χ0n) is 22.5. The third-order valence-electron chi connectivity index (χ3n) is 7.31. The van der Waals surface area contributed by atoms with Crippen LogP contribution in [0, 0.1) is 11.8 Å². The van der Waals surface area contributed by atoms with Crippen molar-refractivity contribution >= 4 is 29.5 Å². The molecule has 3 aromatic carbocycles. The highest BCUT2D eigenvalue weighted by Gasteiger charge is 2.53. The van der Waals surface area contributed by atoms with Crippen LogP contribution >= 0.6 is 23.5 Å². The molecule has 2 saturated heterocycles. The number of cyclic esters (lactones) is 1. The molecule has 2 fully saturated rings. The maximum absolute atomic E-state index is 13.2. The minimum atomic E-state index is -0.322. The Morgan fingerprint density at radius 2 is 1.51 bits per heavy atom. The predicted molar refractivity (Wildman–Crippen MR) is 156 cm³/mol. The monoisotopic (exact) mass is 566 g/mol. The Morgan fingerprint density at radius 3 is 2.23 bits per heavy atom. The molecule has 0 unspecified atom stereocenters. The Morgan fingerprint density at radius 1 is 0.821 bits per heavy atom. The maximum Gasteiger partial charge on any atom is 0.309 e. The molecule has 2 heterocycles. The number of hydrogen-bond donors (Lipinski definition) is 0. The first kappa shape index (κ1) is 27.6. The number of hydrogen-bond acceptors (Lipinski definition) is 8. The lowest BCUT2D eigenvalue weighted by atomic mass is 9.84. The van der Waals surface area contributed by atoms with Crippen molar-refractivity contribution in [3.8, 4) is 23.0 Å². The molecule has 0 saturated carbocycles. The fraction of sp³-hybridized carbons (Fsp3) is 0.387. The number of thioether (sulfide) groups is 2. The van der Waals surface area contributed by atoms with Crippen LogP contribution in [0.2, 0.25) is 0 Å². The fourth-order valence-corrected chi connectivity index (χ4v) is 8.98. The van der Waals surface area contributed by atoms with Crippen LogP contribution < -0.4 is 18.9 Å². The molecular formula is C31H34O6S2. The van der Waals surface area contributed by atoms with E-state index in [-0.39, 0.29) is 21.9 Å². The number of rotatable bonds is 10. The van der Waals surface area contributed by atoms with Crippen LogP contribution in [0.4, 0.5) is 0 Å². The van der Waals surface area contributed by atoms with Crippen molar-refractivity contribution in [3.05, 3.63) is 83.4 Å². The van der Waals surface area contributed by atoms with E-state index >= 15 is 0 Å². The van der Waals surface area contributed by atoms with Crippen LogP contribution in [0.25, 0.3) is 0 Å². The summed E-state index contributed by atoms with van der Waals surface area (Å²) in [4.78, 5) is 13.2. The van der Waals surface area contributed by atoms with Gasteiger partial charge >= 0.3 is 5.97 Å². The molecule has 8 heteroatoms. The smallest absolute Gasteiger partial charge is 0.309 e. The summed E-state index contributed by atoms with van der Waals surface area (Å²) in [6.45, 7) is 0.850. The van der Waals surface area contributed by atoms with Crippen molar-refractivity contribution in [2.45, 2.75) is 23.5 Å². The van der Waals surface area contributed by atoms with E-state index < -0.39 is 0 Å². The average Bonchev–Trinajstić information content (AvgIpc) is 3.36. The number of methoxy groups -OCH3 is 3. The number of ether oxygens (including phenoxy) is 5. The minimum Gasteiger partial charge on any atom is -0.493 e. The molecule has 0 N–H and O–H groups in total. The van der Waals surface area contributed by atoms with Crippen molar-refractivity contribution in [1.82, 2.24) is 0 Å². The molecule has 0 bridgehead atoms. The summed E-state index contributed by atoms with van der Waals surface area (Å²) in [5.41, 5.74) is 3.23. The molecule has 0 aromatic heterocycles. The van der Waals surface area contributed by atoms with Crippen LogP contribution in [0.1, 0.15) is 23.1 Å². The minimum absolute atomic E-state index is 0.00148. The van der Waals surface area contributed by atoms with Crippen molar-refractivity contribution in [1.29, 1.82) is 0 Å². The molecular weight excluding hydrogens is 532 g/mol. The highest BCUT2D eigenvalue weighted by Crippen LogP contribution is 2.59. The lowest BCUT2D eigenvalue weighted by molar-refractivity contribution is -0.141. The number of benzene rings is 3. The van der Waals surface area contributed by atoms with E-state index in [0.717, 1.165) is 34.6 Å². The van der Waals surface area contributed by atoms with Crippen LogP contribution in [0.3, 0.4) is 0 Å². The van der Waals surface area contributed by atoms with E-state index in [1.54, 1.807) is 21.3 Å². The third-order valence-corrected chi connectivity index (χ3v) is 10.9. The van der Waals surface area contributed by atoms with Gasteiger partial charge in [-0.3, -0.25) is 4.79 Å². The van der Waals surface area contributed by atoms with Gasteiger partial charge in [0.1, 0.15) is 6.61 Å². The Hall–Kier alpha value is -2.97. The summed E-state index contributed by atoms with van der Waals surface area (Å²) in [7, 11) is 4.94. The van der Waals surface area contributed by atoms with E-state index in [0.29, 0.717) is 42.6 Å². The molecule has 0 aliphatic carbocycles. The molecule has 2 atom stereocenters. The molecule has 6 nitrogen and oxygen atoms in total. The molecule has 206 valence electrons. The van der Waals surface area contributed by atoms with E-state index in [2.05, 4.69) is 12.1 Å². The van der Waals surface area contributed by atoms with Gasteiger partial charge in [-0.15, -0.1) is 23.5 Å². The SMILES string of the molecule is COc1ccc(C2([C@H]3COC(=O)[C@@H]3Cc3ccc(OCc4ccccc4)c(OC)c3)SCCCS2)cc1OC. The Balaban J connectivity index is 1.41. The fourth-order valence-electron chi connectivity index (χ4n) is 5.30. The Kier molecular flexibility index (Phi) is 8.82. The summed E-state index contributed by atoms with van der Waals surface area (Å²) in [5.74, 6) is 4.35. The van der Waals surface area contributed by atoms with Crippen molar-refractivity contribution in [3.63, 3.8) is 0 Å². The van der Waals surface area contributed by atoms with Gasteiger partial charge in [-0.05, 0) is 65.3 Å². The van der Waals surface area contributed by atoms with E-state index in [4.69, 9.17) is 23.7 Å². The third kappa shape index (κ3) is 5.82. The van der Waals surface area contributed by atoms with Gasteiger partial charge in [0, 0.05) is 5.92 Å². The molecule has 3 aromatic rings. The first-order valence-corrected chi connectivity index (χ1v) is 15.1. The summed E-state index contributed by atoms with van der Waals surface area (Å²) in [6, 6.07) is 22.1. The number of esters is 1. The van der Waals surface area contributed by atoms with Crippen molar-refractivity contribution < 1.29 is 28.5 Å². The average molecular weight is 567 g/mol. The van der Waals surface area contributed by atoms with Gasteiger partial charge in [0.25, 0.3) is 0 Å². The second-order valence-electron chi connectivity index (χ2n) is 9.59. The molecule has 0 amide bonds. The summed E-state index contributed by atoms with van der Waals surface area (Å²) in [5, 5.41) is 0. The highest BCUT2D eigenvalue weighted by molar-refractivity contribution is 8.18. The molecule has 39 heavy (non-hydrogen) atoms. The maximum atomic E-state index is 13.2. The second-order valence-corrected chi connectivity index (χ2v) is 12.5. The molecule has 0 radical (unpaired) electrons. The largest absolute Gasteiger partial charge is 0.493 e. The van der Waals surface area contributed by atoms with Gasteiger partial charge in [0.15, 0.2) is 23.0 Å². The van der Waals surface area contributed by atoms with Gasteiger partial charge in [-0.1, -0.05) is 42.5 Å². The second kappa shape index (κ2) is 12.5. The molecule has 2 aliphatic rings. The summed E-state index contributed by atoms with van der Waals surface area (Å²) < 4.78 is 28.3. The Bertz CT molecular complexity index is 1280. The predicted octanol–water partition coefficient (Wildman–Crippen LogP) is 6.35. The lowest BCUT2D eigenvalue weighted by Gasteiger charge is -2.42. The summed E-state index contributed by atoms with van der Waals surface area (Å²) >= 11 is 3.83.